The molecule has 1 heterocycles. The molecule has 0 unspecified atom stereocenters. The van der Waals surface area contributed by atoms with Gasteiger partial charge in [-0.15, -0.1) is 0 Å². The fourth-order valence-corrected chi connectivity index (χ4v) is 1.11. The van der Waals surface area contributed by atoms with E-state index in [-0.39, 0.29) is 0 Å². The minimum Gasteiger partial charge on any atom is -0.393 e. The first-order valence-corrected chi connectivity index (χ1v) is 4.27. The zero-order chi connectivity index (χ0) is 8.27. The first-order valence-electron chi connectivity index (χ1n) is 3.07. The molecule has 0 amide bonds. The van der Waals surface area contributed by atoms with Crippen molar-refractivity contribution in [3.63, 3.8) is 0 Å². The lowest BCUT2D eigenvalue weighted by atomic mass is 10.2. The molecule has 1 aromatic rings. The zero-order valence-corrected chi connectivity index (χ0v) is 8.15. The van der Waals surface area contributed by atoms with E-state index in [1.807, 2.05) is 12.1 Å². The topological polar surface area (TPSA) is 38.9 Å². The van der Waals surface area contributed by atoms with Crippen LogP contribution < -0.4 is 5.73 Å². The lowest BCUT2D eigenvalue weighted by molar-refractivity contribution is 1.19. The molecular weight excluding hydrogens is 224 g/mol. The van der Waals surface area contributed by atoms with Crippen LogP contribution in [0.15, 0.2) is 22.9 Å². The molecular formula is C7H7BrN2S. The molecule has 11 heavy (non-hydrogen) atoms. The Morgan fingerprint density at radius 2 is 2.36 bits per heavy atom. The van der Waals surface area contributed by atoms with Crippen LogP contribution in [0.5, 0.6) is 0 Å². The van der Waals surface area contributed by atoms with Crippen molar-refractivity contribution < 1.29 is 0 Å². The molecule has 2 nitrogen and oxygen atoms in total. The first-order chi connectivity index (χ1) is 5.18. The number of pyridine rings is 1. The number of thiocarbonyl (C=S) groups is 1. The van der Waals surface area contributed by atoms with E-state index in [9.17, 15) is 0 Å². The second-order valence-electron chi connectivity index (χ2n) is 2.13. The molecule has 0 aliphatic carbocycles. The van der Waals surface area contributed by atoms with E-state index in [4.69, 9.17) is 18.0 Å². The lowest BCUT2D eigenvalue weighted by Gasteiger charge is -1.97. The Bertz CT molecular complexity index is 258. The molecule has 4 heteroatoms. The molecule has 0 fully saturated rings. The van der Waals surface area contributed by atoms with Crippen molar-refractivity contribution in [3.05, 3.63) is 28.5 Å². The SMILES string of the molecule is NC(=S)Cc1ccc(Br)nc1. The Balaban J connectivity index is 2.74. The number of hydrogen-bond acceptors (Lipinski definition) is 2. The van der Waals surface area contributed by atoms with Gasteiger partial charge in [-0.2, -0.15) is 0 Å². The van der Waals surface area contributed by atoms with Crippen molar-refractivity contribution in [2.24, 2.45) is 5.73 Å². The summed E-state index contributed by atoms with van der Waals surface area (Å²) in [5.74, 6) is 0. The second kappa shape index (κ2) is 3.78. The van der Waals surface area contributed by atoms with Gasteiger partial charge >= 0.3 is 0 Å². The van der Waals surface area contributed by atoms with Crippen LogP contribution in [0.25, 0.3) is 0 Å². The average Bonchev–Trinajstić information content (AvgIpc) is 1.93. The van der Waals surface area contributed by atoms with Crippen LogP contribution in [0.4, 0.5) is 0 Å². The van der Waals surface area contributed by atoms with E-state index < -0.39 is 0 Å². The highest BCUT2D eigenvalue weighted by molar-refractivity contribution is 9.10. The molecule has 1 rings (SSSR count). The van der Waals surface area contributed by atoms with Crippen molar-refractivity contribution in [1.29, 1.82) is 0 Å². The molecule has 0 aromatic carbocycles. The quantitative estimate of drug-likeness (QED) is 0.621. The van der Waals surface area contributed by atoms with Crippen LogP contribution >= 0.6 is 28.1 Å². The lowest BCUT2D eigenvalue weighted by Crippen LogP contribution is -2.10. The van der Waals surface area contributed by atoms with E-state index in [1.54, 1.807) is 6.20 Å². The fourth-order valence-electron chi connectivity index (χ4n) is 0.712. The zero-order valence-electron chi connectivity index (χ0n) is 5.75. The average molecular weight is 231 g/mol. The Morgan fingerprint density at radius 3 is 2.82 bits per heavy atom. The van der Waals surface area contributed by atoms with Crippen LogP contribution in [0.1, 0.15) is 5.56 Å². The smallest absolute Gasteiger partial charge is 0.106 e. The summed E-state index contributed by atoms with van der Waals surface area (Å²) >= 11 is 7.99. The predicted octanol–water partition coefficient (Wildman–Crippen LogP) is 1.67. The summed E-state index contributed by atoms with van der Waals surface area (Å²) in [6.45, 7) is 0. The molecule has 0 aliphatic rings. The summed E-state index contributed by atoms with van der Waals surface area (Å²) in [5, 5.41) is 0. The van der Waals surface area contributed by atoms with E-state index in [2.05, 4.69) is 20.9 Å². The van der Waals surface area contributed by atoms with Crippen LogP contribution in [0, 0.1) is 0 Å². The minimum absolute atomic E-state index is 0.495. The van der Waals surface area contributed by atoms with Gasteiger partial charge in [-0.25, -0.2) is 4.98 Å². The summed E-state index contributed by atoms with van der Waals surface area (Å²) < 4.78 is 0.823. The number of hydrogen-bond donors (Lipinski definition) is 1. The number of nitrogens with zero attached hydrogens (tertiary/aromatic N) is 1. The third kappa shape index (κ3) is 2.95. The molecule has 1 aromatic heterocycles. The number of halogens is 1. The van der Waals surface area contributed by atoms with Crippen molar-refractivity contribution in [3.8, 4) is 0 Å². The van der Waals surface area contributed by atoms with Crippen molar-refractivity contribution in [2.45, 2.75) is 6.42 Å². The maximum atomic E-state index is 5.35. The molecule has 2 N–H and O–H groups in total. The van der Waals surface area contributed by atoms with Gasteiger partial charge in [-0.3, -0.25) is 0 Å². The van der Waals surface area contributed by atoms with Crippen molar-refractivity contribution in [2.75, 3.05) is 0 Å². The van der Waals surface area contributed by atoms with Gasteiger partial charge in [-0.05, 0) is 27.6 Å². The van der Waals surface area contributed by atoms with Gasteiger partial charge in [0, 0.05) is 12.6 Å². The molecule has 0 atom stereocenters. The predicted molar refractivity (Wildman–Crippen MR) is 52.4 cm³/mol. The molecule has 0 radical (unpaired) electrons. The Labute approximate surface area is 78.9 Å². The molecule has 0 aliphatic heterocycles. The monoisotopic (exact) mass is 230 g/mol. The van der Waals surface area contributed by atoms with E-state index in [0.29, 0.717) is 11.4 Å². The minimum atomic E-state index is 0.495. The largest absolute Gasteiger partial charge is 0.393 e. The van der Waals surface area contributed by atoms with E-state index in [0.717, 1.165) is 10.2 Å². The summed E-state index contributed by atoms with van der Waals surface area (Å²) in [5.41, 5.74) is 6.40. The van der Waals surface area contributed by atoms with Crippen LogP contribution in [-0.2, 0) is 6.42 Å². The number of nitrogens with two attached hydrogens (primary N) is 1. The van der Waals surface area contributed by atoms with Crippen LogP contribution in [0.3, 0.4) is 0 Å². The highest BCUT2D eigenvalue weighted by Gasteiger charge is 1.94. The van der Waals surface area contributed by atoms with E-state index >= 15 is 0 Å². The van der Waals surface area contributed by atoms with Crippen LogP contribution in [-0.4, -0.2) is 9.97 Å². The number of rotatable bonds is 2. The molecule has 0 saturated carbocycles. The normalized spacial score (nSPS) is 9.55. The standard InChI is InChI=1S/C7H7BrN2S/c8-6-2-1-5(4-10-6)3-7(9)11/h1-2,4H,3H2,(H2,9,11). The Hall–Kier alpha value is -0.480. The third-order valence-corrected chi connectivity index (χ3v) is 1.78. The highest BCUT2D eigenvalue weighted by Crippen LogP contribution is 2.06. The summed E-state index contributed by atoms with van der Waals surface area (Å²) in [7, 11) is 0. The van der Waals surface area contributed by atoms with Gasteiger partial charge in [0.25, 0.3) is 0 Å². The maximum absolute atomic E-state index is 5.35. The van der Waals surface area contributed by atoms with Crippen LogP contribution in [0.2, 0.25) is 0 Å². The van der Waals surface area contributed by atoms with Gasteiger partial charge in [0.1, 0.15) is 4.60 Å². The van der Waals surface area contributed by atoms with Gasteiger partial charge < -0.3 is 5.73 Å². The van der Waals surface area contributed by atoms with Crippen molar-refractivity contribution in [1.82, 2.24) is 4.98 Å². The number of aromatic nitrogens is 1. The molecule has 58 valence electrons. The summed E-state index contributed by atoms with van der Waals surface area (Å²) in [6, 6.07) is 3.81. The van der Waals surface area contributed by atoms with Gasteiger partial charge in [0.05, 0.1) is 4.99 Å². The van der Waals surface area contributed by atoms with Gasteiger partial charge in [-0.1, -0.05) is 18.3 Å². The highest BCUT2D eigenvalue weighted by atomic mass is 79.9. The third-order valence-electron chi connectivity index (χ3n) is 1.17. The molecule has 0 saturated heterocycles. The summed E-state index contributed by atoms with van der Waals surface area (Å²) in [6.07, 6.45) is 2.37. The van der Waals surface area contributed by atoms with E-state index in [1.165, 1.54) is 0 Å². The Morgan fingerprint density at radius 1 is 1.64 bits per heavy atom. The second-order valence-corrected chi connectivity index (χ2v) is 3.47. The Kier molecular flexibility index (Phi) is 2.96. The fraction of sp³-hybridized carbons (Fsp3) is 0.143. The van der Waals surface area contributed by atoms with Gasteiger partial charge in [0.15, 0.2) is 0 Å². The van der Waals surface area contributed by atoms with Crippen molar-refractivity contribution >= 4 is 33.1 Å². The van der Waals surface area contributed by atoms with Gasteiger partial charge in [0.2, 0.25) is 0 Å². The maximum Gasteiger partial charge on any atom is 0.106 e. The molecule has 0 spiro atoms. The summed E-state index contributed by atoms with van der Waals surface area (Å²) in [4.78, 5) is 4.53. The molecule has 0 bridgehead atoms. The first kappa shape index (κ1) is 8.62.